The van der Waals surface area contributed by atoms with E-state index in [1.807, 2.05) is 27.7 Å². The average molecular weight is 347 g/mol. The van der Waals surface area contributed by atoms with Gasteiger partial charge in [0.15, 0.2) is 5.96 Å². The van der Waals surface area contributed by atoms with Crippen LogP contribution in [-0.4, -0.2) is 55.3 Å². The summed E-state index contributed by atoms with van der Waals surface area (Å²) in [7, 11) is 0. The molecule has 7 heteroatoms. The van der Waals surface area contributed by atoms with Crippen molar-refractivity contribution in [3.05, 3.63) is 0 Å². The second-order valence-electron chi connectivity index (χ2n) is 6.64. The van der Waals surface area contributed by atoms with Gasteiger partial charge in [-0.3, -0.25) is 4.99 Å². The monoisotopic (exact) mass is 346 g/mol. The summed E-state index contributed by atoms with van der Waals surface area (Å²) in [5.41, 5.74) is -0.497. The van der Waals surface area contributed by atoms with Gasteiger partial charge in [0.05, 0.1) is 12.6 Å². The maximum atomic E-state index is 11.9. The molecule has 0 aliphatic carbocycles. The molecule has 0 radical (unpaired) electrons. The Hall–Kier alpha value is -1.11. The number of carbonyl (C=O) groups is 1. The molecule has 0 aromatic heterocycles. The Bertz CT molecular complexity index is 368. The minimum absolute atomic E-state index is 0.0687. The summed E-state index contributed by atoms with van der Waals surface area (Å²) >= 11 is 1.79. The minimum Gasteiger partial charge on any atom is -0.444 e. The molecule has 0 aliphatic heterocycles. The first-order chi connectivity index (χ1) is 10.7. The molecule has 0 aromatic carbocycles. The van der Waals surface area contributed by atoms with Crippen molar-refractivity contribution in [1.82, 2.24) is 16.0 Å². The first-order valence-electron chi connectivity index (χ1n) is 8.20. The number of nitrogens with one attached hydrogen (secondary N) is 3. The number of aliphatic imine (C=N–C) groups is 1. The fourth-order valence-corrected chi connectivity index (χ4v) is 1.99. The van der Waals surface area contributed by atoms with Gasteiger partial charge in [-0.15, -0.1) is 0 Å². The lowest BCUT2D eigenvalue weighted by Gasteiger charge is -2.25. The highest BCUT2D eigenvalue weighted by Gasteiger charge is 2.21. The normalized spacial score (nSPS) is 13.7. The molecule has 1 amide bonds. The molecule has 0 saturated heterocycles. The number of guanidine groups is 1. The van der Waals surface area contributed by atoms with Crippen molar-refractivity contribution < 1.29 is 9.53 Å². The van der Waals surface area contributed by atoms with Gasteiger partial charge >= 0.3 is 6.09 Å². The van der Waals surface area contributed by atoms with E-state index in [2.05, 4.69) is 41.0 Å². The van der Waals surface area contributed by atoms with Gasteiger partial charge in [0.1, 0.15) is 5.60 Å². The number of hydrogen-bond donors (Lipinski definition) is 3. The number of carbonyl (C=O) groups excluding carboxylic acids is 1. The van der Waals surface area contributed by atoms with Crippen LogP contribution >= 0.6 is 11.8 Å². The second kappa shape index (κ2) is 11.4. The van der Waals surface area contributed by atoms with Gasteiger partial charge in [-0.25, -0.2) is 4.79 Å². The lowest BCUT2D eigenvalue weighted by atomic mass is 10.1. The molecular weight excluding hydrogens is 312 g/mol. The van der Waals surface area contributed by atoms with Gasteiger partial charge in [-0.2, -0.15) is 11.8 Å². The number of rotatable bonds is 8. The van der Waals surface area contributed by atoms with Crippen molar-refractivity contribution in [3.63, 3.8) is 0 Å². The van der Waals surface area contributed by atoms with Gasteiger partial charge in [0.25, 0.3) is 0 Å². The fraction of sp³-hybridized carbons (Fsp3) is 0.875. The molecule has 6 nitrogen and oxygen atoms in total. The first-order valence-corrected chi connectivity index (χ1v) is 9.59. The number of hydrogen-bond acceptors (Lipinski definition) is 4. The van der Waals surface area contributed by atoms with Crippen molar-refractivity contribution in [2.45, 2.75) is 53.2 Å². The molecule has 0 aromatic rings. The number of alkyl carbamates (subject to hydrolysis) is 1. The van der Waals surface area contributed by atoms with Gasteiger partial charge in [0, 0.05) is 18.8 Å². The van der Waals surface area contributed by atoms with E-state index < -0.39 is 11.7 Å². The number of thioether (sulfide) groups is 1. The second-order valence-corrected chi connectivity index (χ2v) is 7.62. The number of ether oxygens (including phenoxy) is 1. The summed E-state index contributed by atoms with van der Waals surface area (Å²) in [4.78, 5) is 16.5. The van der Waals surface area contributed by atoms with E-state index in [0.717, 1.165) is 24.8 Å². The molecule has 0 rings (SSSR count). The molecule has 1 unspecified atom stereocenters. The van der Waals surface area contributed by atoms with Gasteiger partial charge in [-0.05, 0) is 39.9 Å². The summed E-state index contributed by atoms with van der Waals surface area (Å²) in [6.45, 7) is 13.9. The number of amides is 1. The summed E-state index contributed by atoms with van der Waals surface area (Å²) in [6.07, 6.45) is 1.68. The standard InChI is InChI=1S/C16H34N4O2S/c1-8-17-14(18-9-10-23-7)19-11-13(12(2)3)20-15(21)22-16(4,5)6/h12-13H,8-11H2,1-7H3,(H,20,21)(H2,17,18,19). The van der Waals surface area contributed by atoms with E-state index in [0.29, 0.717) is 6.54 Å². The van der Waals surface area contributed by atoms with E-state index in [-0.39, 0.29) is 12.0 Å². The Morgan fingerprint density at radius 3 is 2.39 bits per heavy atom. The van der Waals surface area contributed by atoms with Crippen LogP contribution in [0.25, 0.3) is 0 Å². The quantitative estimate of drug-likeness (QED) is 0.358. The molecule has 1 atom stereocenters. The first kappa shape index (κ1) is 21.9. The largest absolute Gasteiger partial charge is 0.444 e. The maximum absolute atomic E-state index is 11.9. The van der Waals surface area contributed by atoms with E-state index in [1.165, 1.54) is 0 Å². The third-order valence-electron chi connectivity index (χ3n) is 2.90. The highest BCUT2D eigenvalue weighted by atomic mass is 32.2. The Kier molecular flexibility index (Phi) is 10.9. The SMILES string of the molecule is CCNC(=NCC(NC(=O)OC(C)(C)C)C(C)C)NCCSC. The Labute approximate surface area is 145 Å². The Balaban J connectivity index is 4.63. The summed E-state index contributed by atoms with van der Waals surface area (Å²) in [5.74, 6) is 2.06. The van der Waals surface area contributed by atoms with Crippen LogP contribution in [0.3, 0.4) is 0 Å². The highest BCUT2D eigenvalue weighted by molar-refractivity contribution is 7.98. The molecular formula is C16H34N4O2S. The van der Waals surface area contributed by atoms with Crippen molar-refractivity contribution in [2.24, 2.45) is 10.9 Å². The minimum atomic E-state index is -0.497. The highest BCUT2D eigenvalue weighted by Crippen LogP contribution is 2.09. The molecule has 0 bridgehead atoms. The average Bonchev–Trinajstić information content (AvgIpc) is 2.41. The van der Waals surface area contributed by atoms with E-state index >= 15 is 0 Å². The fourth-order valence-electron chi connectivity index (χ4n) is 1.68. The van der Waals surface area contributed by atoms with Gasteiger partial charge in [-0.1, -0.05) is 13.8 Å². The van der Waals surface area contributed by atoms with Crippen LogP contribution in [0.15, 0.2) is 4.99 Å². The smallest absolute Gasteiger partial charge is 0.407 e. The zero-order valence-electron chi connectivity index (χ0n) is 15.7. The van der Waals surface area contributed by atoms with Crippen molar-refractivity contribution >= 4 is 23.8 Å². The molecule has 0 heterocycles. The van der Waals surface area contributed by atoms with Crippen molar-refractivity contribution in [1.29, 1.82) is 0 Å². The van der Waals surface area contributed by atoms with Crippen LogP contribution in [0.1, 0.15) is 41.5 Å². The number of nitrogens with zero attached hydrogens (tertiary/aromatic N) is 1. The third kappa shape index (κ3) is 12.0. The van der Waals surface area contributed by atoms with Gasteiger partial charge in [0.2, 0.25) is 0 Å². The third-order valence-corrected chi connectivity index (χ3v) is 3.51. The van der Waals surface area contributed by atoms with E-state index in [4.69, 9.17) is 4.74 Å². The predicted molar refractivity (Wildman–Crippen MR) is 100 cm³/mol. The van der Waals surface area contributed by atoms with Crippen LogP contribution < -0.4 is 16.0 Å². The lowest BCUT2D eigenvalue weighted by Crippen LogP contribution is -2.45. The van der Waals surface area contributed by atoms with Crippen LogP contribution in [0.2, 0.25) is 0 Å². The molecule has 0 saturated carbocycles. The Morgan fingerprint density at radius 1 is 1.26 bits per heavy atom. The topological polar surface area (TPSA) is 74.8 Å². The summed E-state index contributed by atoms with van der Waals surface area (Å²) in [5, 5.41) is 9.40. The Morgan fingerprint density at radius 2 is 1.91 bits per heavy atom. The summed E-state index contributed by atoms with van der Waals surface area (Å²) < 4.78 is 5.32. The molecule has 0 aliphatic rings. The van der Waals surface area contributed by atoms with Crippen LogP contribution in [0, 0.1) is 5.92 Å². The predicted octanol–water partition coefficient (Wildman–Crippen LogP) is 2.45. The van der Waals surface area contributed by atoms with Crippen molar-refractivity contribution in [3.8, 4) is 0 Å². The van der Waals surface area contributed by atoms with Crippen LogP contribution in [-0.2, 0) is 4.74 Å². The zero-order chi connectivity index (χ0) is 17.9. The lowest BCUT2D eigenvalue weighted by molar-refractivity contribution is 0.0493. The molecule has 23 heavy (non-hydrogen) atoms. The zero-order valence-corrected chi connectivity index (χ0v) is 16.5. The van der Waals surface area contributed by atoms with E-state index in [9.17, 15) is 4.79 Å². The molecule has 0 fully saturated rings. The van der Waals surface area contributed by atoms with Crippen LogP contribution in [0.5, 0.6) is 0 Å². The summed E-state index contributed by atoms with van der Waals surface area (Å²) in [6, 6.07) is -0.0687. The molecule has 0 spiro atoms. The van der Waals surface area contributed by atoms with E-state index in [1.54, 1.807) is 11.8 Å². The van der Waals surface area contributed by atoms with Crippen LogP contribution in [0.4, 0.5) is 4.79 Å². The van der Waals surface area contributed by atoms with Gasteiger partial charge < -0.3 is 20.7 Å². The molecule has 3 N–H and O–H groups in total. The maximum Gasteiger partial charge on any atom is 0.407 e. The van der Waals surface area contributed by atoms with Crippen molar-refractivity contribution in [2.75, 3.05) is 31.6 Å². The molecule has 136 valence electrons.